The molecule has 0 atom stereocenters. The van der Waals surface area contributed by atoms with Crippen LogP contribution >= 0.6 is 50.7 Å². The molecular formula is C18H8BrCl3N2. The van der Waals surface area contributed by atoms with Crippen LogP contribution in [0.4, 0.5) is 0 Å². The Kier molecular flexibility index (Phi) is 5.12. The van der Waals surface area contributed by atoms with Crippen LogP contribution in [0.25, 0.3) is 22.5 Å². The Morgan fingerprint density at radius 1 is 0.917 bits per heavy atom. The largest absolute Gasteiger partial charge is 0.246 e. The van der Waals surface area contributed by atoms with Gasteiger partial charge < -0.3 is 0 Å². The average Bonchev–Trinajstić information content (AvgIpc) is 2.55. The molecule has 0 aliphatic heterocycles. The molecule has 3 aromatic rings. The van der Waals surface area contributed by atoms with Crippen LogP contribution in [-0.2, 0) is 0 Å². The van der Waals surface area contributed by atoms with Gasteiger partial charge in [-0.3, -0.25) is 0 Å². The van der Waals surface area contributed by atoms with Crippen molar-refractivity contribution >= 4 is 50.7 Å². The number of pyridine rings is 1. The van der Waals surface area contributed by atoms with Crippen LogP contribution in [0.1, 0.15) is 5.56 Å². The molecule has 118 valence electrons. The van der Waals surface area contributed by atoms with Gasteiger partial charge in [-0.25, -0.2) is 4.98 Å². The standard InChI is InChI=1S/C18H8BrCl3N2/c19-11-6-4-10(5-7-11)18-12(9-23)15(22)8-16(24-18)17-13(20)2-1-3-14(17)21/h1-8H. The Hall–Kier alpha value is -1.57. The van der Waals surface area contributed by atoms with Gasteiger partial charge in [0.05, 0.1) is 32.0 Å². The lowest BCUT2D eigenvalue weighted by atomic mass is 10.0. The Labute approximate surface area is 162 Å². The summed E-state index contributed by atoms with van der Waals surface area (Å²) in [6, 6.07) is 16.4. The Morgan fingerprint density at radius 2 is 1.54 bits per heavy atom. The summed E-state index contributed by atoms with van der Waals surface area (Å²) >= 11 is 22.2. The fourth-order valence-electron chi connectivity index (χ4n) is 2.31. The highest BCUT2D eigenvalue weighted by Gasteiger charge is 2.17. The van der Waals surface area contributed by atoms with Crippen molar-refractivity contribution in [2.45, 2.75) is 0 Å². The summed E-state index contributed by atoms with van der Waals surface area (Å²) in [5.41, 5.74) is 2.69. The highest BCUT2D eigenvalue weighted by atomic mass is 79.9. The van der Waals surface area contributed by atoms with Crippen molar-refractivity contribution in [3.05, 3.63) is 73.6 Å². The molecule has 0 amide bonds. The molecule has 6 heteroatoms. The highest BCUT2D eigenvalue weighted by Crippen LogP contribution is 2.37. The molecule has 0 aliphatic carbocycles. The van der Waals surface area contributed by atoms with Crippen LogP contribution in [0.3, 0.4) is 0 Å². The van der Waals surface area contributed by atoms with Crippen molar-refractivity contribution in [3.8, 4) is 28.6 Å². The minimum absolute atomic E-state index is 0.302. The van der Waals surface area contributed by atoms with Gasteiger partial charge in [-0.2, -0.15) is 5.26 Å². The maximum absolute atomic E-state index is 9.45. The lowest BCUT2D eigenvalue weighted by Gasteiger charge is -2.11. The van der Waals surface area contributed by atoms with Gasteiger partial charge in [0.2, 0.25) is 0 Å². The van der Waals surface area contributed by atoms with E-state index in [4.69, 9.17) is 34.8 Å². The second-order valence-electron chi connectivity index (χ2n) is 4.93. The van der Waals surface area contributed by atoms with Gasteiger partial charge in [0.15, 0.2) is 0 Å². The lowest BCUT2D eigenvalue weighted by Crippen LogP contribution is -1.95. The topological polar surface area (TPSA) is 36.7 Å². The summed E-state index contributed by atoms with van der Waals surface area (Å²) in [5, 5.41) is 10.7. The van der Waals surface area contributed by atoms with E-state index in [-0.39, 0.29) is 0 Å². The predicted octanol–water partition coefficient (Wildman–Crippen LogP) is 7.01. The van der Waals surface area contributed by atoms with E-state index in [0.717, 1.165) is 10.0 Å². The first-order chi connectivity index (χ1) is 11.5. The van der Waals surface area contributed by atoms with Crippen molar-refractivity contribution in [1.29, 1.82) is 5.26 Å². The molecule has 0 unspecified atom stereocenters. The van der Waals surface area contributed by atoms with Crippen molar-refractivity contribution in [2.75, 3.05) is 0 Å². The van der Waals surface area contributed by atoms with Crippen LogP contribution in [0.5, 0.6) is 0 Å². The van der Waals surface area contributed by atoms with Crippen LogP contribution < -0.4 is 0 Å². The van der Waals surface area contributed by atoms with E-state index in [9.17, 15) is 5.26 Å². The maximum atomic E-state index is 9.45. The summed E-state index contributed by atoms with van der Waals surface area (Å²) in [6.45, 7) is 0. The monoisotopic (exact) mass is 436 g/mol. The minimum atomic E-state index is 0.302. The summed E-state index contributed by atoms with van der Waals surface area (Å²) in [7, 11) is 0. The predicted molar refractivity (Wildman–Crippen MR) is 103 cm³/mol. The van der Waals surface area contributed by atoms with E-state index in [1.54, 1.807) is 24.3 Å². The van der Waals surface area contributed by atoms with E-state index >= 15 is 0 Å². The molecule has 0 aliphatic rings. The zero-order valence-electron chi connectivity index (χ0n) is 12.0. The second kappa shape index (κ2) is 7.13. The van der Waals surface area contributed by atoms with Gasteiger partial charge in [-0.1, -0.05) is 68.9 Å². The molecule has 1 aromatic heterocycles. The molecule has 0 bridgehead atoms. The third-order valence-corrected chi connectivity index (χ3v) is 4.88. The van der Waals surface area contributed by atoms with Crippen molar-refractivity contribution in [3.63, 3.8) is 0 Å². The number of hydrogen-bond acceptors (Lipinski definition) is 2. The fraction of sp³-hybridized carbons (Fsp3) is 0. The third kappa shape index (κ3) is 3.29. The van der Waals surface area contributed by atoms with Crippen LogP contribution in [-0.4, -0.2) is 4.98 Å². The lowest BCUT2D eigenvalue weighted by molar-refractivity contribution is 1.30. The fourth-order valence-corrected chi connectivity index (χ4v) is 3.40. The highest BCUT2D eigenvalue weighted by molar-refractivity contribution is 9.10. The first kappa shape index (κ1) is 17.3. The van der Waals surface area contributed by atoms with Crippen molar-refractivity contribution in [2.24, 2.45) is 0 Å². The molecule has 0 fully saturated rings. The van der Waals surface area contributed by atoms with Crippen LogP contribution in [0, 0.1) is 11.3 Å². The van der Waals surface area contributed by atoms with Gasteiger partial charge in [0.25, 0.3) is 0 Å². The molecule has 3 rings (SSSR count). The van der Waals surface area contributed by atoms with E-state index in [2.05, 4.69) is 27.0 Å². The Morgan fingerprint density at radius 3 is 2.12 bits per heavy atom. The number of rotatable bonds is 2. The minimum Gasteiger partial charge on any atom is -0.246 e. The first-order valence-corrected chi connectivity index (χ1v) is 8.75. The molecule has 0 saturated heterocycles. The Bertz CT molecular complexity index is 943. The zero-order chi connectivity index (χ0) is 17.3. The molecule has 1 heterocycles. The number of benzene rings is 2. The van der Waals surface area contributed by atoms with Gasteiger partial charge in [-0.15, -0.1) is 0 Å². The van der Waals surface area contributed by atoms with E-state index in [1.807, 2.05) is 24.3 Å². The smallest absolute Gasteiger partial charge is 0.103 e. The van der Waals surface area contributed by atoms with E-state index in [0.29, 0.717) is 37.6 Å². The molecule has 2 aromatic carbocycles. The van der Waals surface area contributed by atoms with Gasteiger partial charge >= 0.3 is 0 Å². The summed E-state index contributed by atoms with van der Waals surface area (Å²) in [6.07, 6.45) is 0. The summed E-state index contributed by atoms with van der Waals surface area (Å²) in [4.78, 5) is 4.61. The van der Waals surface area contributed by atoms with Crippen LogP contribution in [0.15, 0.2) is 53.0 Å². The zero-order valence-corrected chi connectivity index (χ0v) is 15.9. The number of halogens is 4. The molecule has 2 nitrogen and oxygen atoms in total. The maximum Gasteiger partial charge on any atom is 0.103 e. The molecule has 0 spiro atoms. The Balaban J connectivity index is 2.28. The average molecular weight is 439 g/mol. The second-order valence-corrected chi connectivity index (χ2v) is 7.07. The summed E-state index contributed by atoms with van der Waals surface area (Å²) in [5.74, 6) is 0. The normalized spacial score (nSPS) is 10.5. The SMILES string of the molecule is N#Cc1c(Cl)cc(-c2c(Cl)cccc2Cl)nc1-c1ccc(Br)cc1. The van der Waals surface area contributed by atoms with E-state index < -0.39 is 0 Å². The van der Waals surface area contributed by atoms with E-state index in [1.165, 1.54) is 0 Å². The van der Waals surface area contributed by atoms with Crippen molar-refractivity contribution < 1.29 is 0 Å². The molecule has 0 saturated carbocycles. The van der Waals surface area contributed by atoms with Crippen LogP contribution in [0.2, 0.25) is 15.1 Å². The number of hydrogen-bond donors (Lipinski definition) is 0. The number of aromatic nitrogens is 1. The number of nitriles is 1. The molecule has 0 N–H and O–H groups in total. The third-order valence-electron chi connectivity index (χ3n) is 3.42. The molecular weight excluding hydrogens is 430 g/mol. The first-order valence-electron chi connectivity index (χ1n) is 6.82. The van der Waals surface area contributed by atoms with Gasteiger partial charge in [0.1, 0.15) is 6.07 Å². The molecule has 0 radical (unpaired) electrons. The quantitative estimate of drug-likeness (QED) is 0.431. The van der Waals surface area contributed by atoms with Gasteiger partial charge in [0, 0.05) is 15.6 Å². The molecule has 24 heavy (non-hydrogen) atoms. The van der Waals surface area contributed by atoms with Crippen molar-refractivity contribution in [1.82, 2.24) is 4.98 Å². The van der Waals surface area contributed by atoms with Gasteiger partial charge in [-0.05, 0) is 30.3 Å². The number of nitrogens with zero attached hydrogens (tertiary/aromatic N) is 2. The summed E-state index contributed by atoms with van der Waals surface area (Å²) < 4.78 is 0.932.